The van der Waals surface area contributed by atoms with Gasteiger partial charge in [0.15, 0.2) is 0 Å². The lowest BCUT2D eigenvalue weighted by atomic mass is 9.98. The third kappa shape index (κ3) is 2.70. The molecule has 21 heavy (non-hydrogen) atoms. The van der Waals surface area contributed by atoms with E-state index in [1.807, 2.05) is 41.3 Å². The molecule has 3 rings (SSSR count). The van der Waals surface area contributed by atoms with Gasteiger partial charge < -0.3 is 15.4 Å². The third-order valence-electron chi connectivity index (χ3n) is 3.84. The molecule has 0 saturated heterocycles. The van der Waals surface area contributed by atoms with Crippen LogP contribution in [0.5, 0.6) is 5.75 Å². The molecule has 0 fully saturated rings. The monoisotopic (exact) mass is 282 g/mol. The third-order valence-corrected chi connectivity index (χ3v) is 3.84. The van der Waals surface area contributed by atoms with Gasteiger partial charge in [0.1, 0.15) is 5.75 Å². The number of methoxy groups -OCH3 is 1. The van der Waals surface area contributed by atoms with Crippen LogP contribution in [0.4, 0.5) is 5.69 Å². The van der Waals surface area contributed by atoms with Crippen LogP contribution in [0.2, 0.25) is 0 Å². The van der Waals surface area contributed by atoms with Crippen molar-refractivity contribution >= 4 is 11.6 Å². The Labute approximate surface area is 124 Å². The highest BCUT2D eigenvalue weighted by Crippen LogP contribution is 2.23. The first-order chi connectivity index (χ1) is 10.2. The number of nitrogen functional groups attached to an aromatic ring is 1. The van der Waals surface area contributed by atoms with Crippen LogP contribution >= 0.6 is 0 Å². The van der Waals surface area contributed by atoms with Gasteiger partial charge in [-0.3, -0.25) is 4.79 Å². The second-order valence-corrected chi connectivity index (χ2v) is 5.24. The Bertz CT molecular complexity index is 665. The maximum absolute atomic E-state index is 12.5. The molecule has 0 bridgehead atoms. The molecule has 1 heterocycles. The van der Waals surface area contributed by atoms with Crippen LogP contribution in [0.3, 0.4) is 0 Å². The number of anilines is 1. The van der Waals surface area contributed by atoms with E-state index in [0.717, 1.165) is 35.4 Å². The fourth-order valence-corrected chi connectivity index (χ4v) is 2.64. The topological polar surface area (TPSA) is 55.6 Å². The average molecular weight is 282 g/mol. The van der Waals surface area contributed by atoms with Gasteiger partial charge in [-0.25, -0.2) is 0 Å². The molecule has 0 saturated carbocycles. The van der Waals surface area contributed by atoms with Crippen LogP contribution in [0.15, 0.2) is 42.5 Å². The van der Waals surface area contributed by atoms with Gasteiger partial charge in [0.2, 0.25) is 0 Å². The number of fused-ring (bicyclic) bond motifs is 1. The largest absolute Gasteiger partial charge is 0.497 e. The number of hydrogen-bond donors (Lipinski definition) is 1. The molecule has 2 N–H and O–H groups in total. The molecule has 0 aromatic heterocycles. The van der Waals surface area contributed by atoms with Crippen molar-refractivity contribution in [2.24, 2.45) is 0 Å². The number of hydrogen-bond acceptors (Lipinski definition) is 3. The molecule has 4 nitrogen and oxygen atoms in total. The molecule has 0 aliphatic carbocycles. The summed E-state index contributed by atoms with van der Waals surface area (Å²) in [4.78, 5) is 14.4. The minimum absolute atomic E-state index is 0.0550. The highest BCUT2D eigenvalue weighted by molar-refractivity contribution is 5.97. The van der Waals surface area contributed by atoms with Crippen molar-refractivity contribution in [3.05, 3.63) is 59.2 Å². The van der Waals surface area contributed by atoms with Gasteiger partial charge in [-0.2, -0.15) is 0 Å². The Morgan fingerprint density at radius 3 is 2.67 bits per heavy atom. The van der Waals surface area contributed by atoms with Crippen molar-refractivity contribution in [2.45, 2.75) is 13.0 Å². The van der Waals surface area contributed by atoms with E-state index in [0.29, 0.717) is 12.2 Å². The van der Waals surface area contributed by atoms with Crippen LogP contribution in [-0.4, -0.2) is 24.5 Å². The normalized spacial score (nSPS) is 14.0. The average Bonchev–Trinajstić information content (AvgIpc) is 2.51. The minimum atomic E-state index is 0.0550. The van der Waals surface area contributed by atoms with E-state index in [9.17, 15) is 4.79 Å². The second kappa shape index (κ2) is 5.48. The number of rotatable bonds is 3. The maximum atomic E-state index is 12.5. The van der Waals surface area contributed by atoms with E-state index in [4.69, 9.17) is 10.5 Å². The summed E-state index contributed by atoms with van der Waals surface area (Å²) >= 11 is 0. The SMILES string of the molecule is COc1ccc(CN2CCc3ccc(N)cc3C2=O)cc1. The molecule has 1 aliphatic heterocycles. The lowest BCUT2D eigenvalue weighted by molar-refractivity contribution is 0.0727. The minimum Gasteiger partial charge on any atom is -0.497 e. The van der Waals surface area contributed by atoms with Gasteiger partial charge in [-0.1, -0.05) is 18.2 Å². The molecule has 108 valence electrons. The first kappa shape index (κ1) is 13.5. The van der Waals surface area contributed by atoms with Crippen molar-refractivity contribution in [3.63, 3.8) is 0 Å². The zero-order chi connectivity index (χ0) is 14.8. The summed E-state index contributed by atoms with van der Waals surface area (Å²) in [5.41, 5.74) is 9.33. The van der Waals surface area contributed by atoms with E-state index < -0.39 is 0 Å². The molecule has 4 heteroatoms. The first-order valence-electron chi connectivity index (χ1n) is 6.98. The van der Waals surface area contributed by atoms with Gasteiger partial charge in [0, 0.05) is 24.3 Å². The Morgan fingerprint density at radius 1 is 1.19 bits per heavy atom. The van der Waals surface area contributed by atoms with Crippen LogP contribution in [0.1, 0.15) is 21.5 Å². The van der Waals surface area contributed by atoms with Gasteiger partial charge in [0.25, 0.3) is 5.91 Å². The van der Waals surface area contributed by atoms with Crippen LogP contribution in [-0.2, 0) is 13.0 Å². The maximum Gasteiger partial charge on any atom is 0.254 e. The highest BCUT2D eigenvalue weighted by Gasteiger charge is 2.24. The van der Waals surface area contributed by atoms with Crippen molar-refractivity contribution in [3.8, 4) is 5.75 Å². The lowest BCUT2D eigenvalue weighted by Crippen LogP contribution is -2.37. The summed E-state index contributed by atoms with van der Waals surface area (Å²) < 4.78 is 5.15. The summed E-state index contributed by atoms with van der Waals surface area (Å²) in [6.07, 6.45) is 0.873. The van der Waals surface area contributed by atoms with Crippen LogP contribution < -0.4 is 10.5 Å². The summed E-state index contributed by atoms with van der Waals surface area (Å²) in [6.45, 7) is 1.35. The summed E-state index contributed by atoms with van der Waals surface area (Å²) in [7, 11) is 1.64. The fraction of sp³-hybridized carbons (Fsp3) is 0.235. The second-order valence-electron chi connectivity index (χ2n) is 5.24. The van der Waals surface area contributed by atoms with E-state index in [1.165, 1.54) is 0 Å². The Balaban J connectivity index is 1.79. The van der Waals surface area contributed by atoms with Gasteiger partial charge in [0.05, 0.1) is 7.11 Å². The summed E-state index contributed by atoms with van der Waals surface area (Å²) in [5, 5.41) is 0. The summed E-state index contributed by atoms with van der Waals surface area (Å²) in [5.74, 6) is 0.876. The zero-order valence-electron chi connectivity index (χ0n) is 12.0. The quantitative estimate of drug-likeness (QED) is 0.880. The van der Waals surface area contributed by atoms with Crippen molar-refractivity contribution < 1.29 is 9.53 Å². The molecular formula is C17H18N2O2. The number of carbonyl (C=O) groups excluding carboxylic acids is 1. The van der Waals surface area contributed by atoms with E-state index in [1.54, 1.807) is 13.2 Å². The highest BCUT2D eigenvalue weighted by atomic mass is 16.5. The number of amides is 1. The van der Waals surface area contributed by atoms with E-state index in [-0.39, 0.29) is 5.91 Å². The molecule has 0 atom stereocenters. The van der Waals surface area contributed by atoms with Crippen LogP contribution in [0.25, 0.3) is 0 Å². The number of nitrogens with zero attached hydrogens (tertiary/aromatic N) is 1. The molecule has 0 spiro atoms. The van der Waals surface area contributed by atoms with Crippen molar-refractivity contribution in [1.29, 1.82) is 0 Å². The smallest absolute Gasteiger partial charge is 0.254 e. The Kier molecular flexibility index (Phi) is 3.52. The molecule has 0 radical (unpaired) electrons. The first-order valence-corrected chi connectivity index (χ1v) is 6.98. The van der Waals surface area contributed by atoms with Gasteiger partial charge >= 0.3 is 0 Å². The lowest BCUT2D eigenvalue weighted by Gasteiger charge is -2.29. The zero-order valence-corrected chi connectivity index (χ0v) is 12.0. The van der Waals surface area contributed by atoms with Crippen LogP contribution in [0, 0.1) is 0 Å². The molecule has 1 amide bonds. The predicted molar refractivity (Wildman–Crippen MR) is 82.3 cm³/mol. The molecule has 1 aliphatic rings. The van der Waals surface area contributed by atoms with Gasteiger partial charge in [-0.15, -0.1) is 0 Å². The molecule has 0 unspecified atom stereocenters. The van der Waals surface area contributed by atoms with Crippen molar-refractivity contribution in [1.82, 2.24) is 4.90 Å². The number of ether oxygens (including phenoxy) is 1. The Morgan fingerprint density at radius 2 is 1.95 bits per heavy atom. The summed E-state index contributed by atoms with van der Waals surface area (Å²) in [6, 6.07) is 13.4. The predicted octanol–water partition coefficient (Wildman–Crippen LogP) is 2.48. The Hall–Kier alpha value is -2.49. The molecule has 2 aromatic rings. The number of carbonyl (C=O) groups is 1. The number of benzene rings is 2. The number of nitrogens with two attached hydrogens (primary N) is 1. The fourth-order valence-electron chi connectivity index (χ4n) is 2.64. The molecular weight excluding hydrogens is 264 g/mol. The molecule has 2 aromatic carbocycles. The van der Waals surface area contributed by atoms with Crippen molar-refractivity contribution in [2.75, 3.05) is 19.4 Å². The van der Waals surface area contributed by atoms with E-state index >= 15 is 0 Å². The van der Waals surface area contributed by atoms with E-state index in [2.05, 4.69) is 0 Å². The standard InChI is InChI=1S/C17H18N2O2/c1-21-15-6-2-12(3-7-15)11-19-9-8-13-4-5-14(18)10-16(13)17(19)20/h2-7,10H,8-9,11,18H2,1H3. The van der Waals surface area contributed by atoms with Gasteiger partial charge in [-0.05, 0) is 41.8 Å².